The molecule has 2 heterocycles. The average molecular weight is 408 g/mol. The van der Waals surface area contributed by atoms with Gasteiger partial charge < -0.3 is 24.3 Å². The van der Waals surface area contributed by atoms with Gasteiger partial charge in [-0.2, -0.15) is 0 Å². The molecule has 0 radical (unpaired) electrons. The van der Waals surface area contributed by atoms with Crippen molar-refractivity contribution >= 4 is 23.1 Å². The molecule has 0 saturated carbocycles. The van der Waals surface area contributed by atoms with Crippen LogP contribution in [0.25, 0.3) is 5.57 Å². The Morgan fingerprint density at radius 1 is 1.03 bits per heavy atom. The van der Waals surface area contributed by atoms with Crippen molar-refractivity contribution in [2.24, 2.45) is 0 Å². The second kappa shape index (κ2) is 7.82. The van der Waals surface area contributed by atoms with Crippen molar-refractivity contribution < 1.29 is 28.5 Å². The molecule has 154 valence electrons. The molecular weight excluding hydrogens is 388 g/mol. The van der Waals surface area contributed by atoms with Gasteiger partial charge in [-0.3, -0.25) is 14.5 Å². The normalized spacial score (nSPS) is 14.9. The molecular formula is C22H20N2O6. The van der Waals surface area contributed by atoms with Crippen LogP contribution >= 0.6 is 0 Å². The molecule has 30 heavy (non-hydrogen) atoms. The van der Waals surface area contributed by atoms with Gasteiger partial charge in [0.1, 0.15) is 5.70 Å². The molecule has 0 saturated heterocycles. The smallest absolute Gasteiger partial charge is 0.278 e. The minimum atomic E-state index is -0.442. The highest BCUT2D eigenvalue weighted by atomic mass is 16.7. The van der Waals surface area contributed by atoms with Crippen LogP contribution < -0.4 is 24.3 Å². The van der Waals surface area contributed by atoms with E-state index in [1.165, 1.54) is 20.3 Å². The molecule has 0 atom stereocenters. The van der Waals surface area contributed by atoms with Gasteiger partial charge in [0.2, 0.25) is 6.79 Å². The van der Waals surface area contributed by atoms with E-state index in [1.807, 2.05) is 0 Å². The van der Waals surface area contributed by atoms with Gasteiger partial charge in [0.15, 0.2) is 23.0 Å². The Morgan fingerprint density at radius 3 is 2.53 bits per heavy atom. The standard InChI is InChI=1S/C22H20N2O6/c1-4-9-24-21(25)19(13-5-7-15(27-2)17(10-13)28-3)20(22(24)26)23-14-6-8-16-18(11-14)30-12-29-16/h4-8,10-11,23H,1,9,12H2,2-3H3. The van der Waals surface area contributed by atoms with Gasteiger partial charge in [-0.05, 0) is 29.8 Å². The number of benzene rings is 2. The number of ether oxygens (including phenoxy) is 4. The maximum absolute atomic E-state index is 13.1. The van der Waals surface area contributed by atoms with Gasteiger partial charge >= 0.3 is 0 Å². The highest BCUT2D eigenvalue weighted by Gasteiger charge is 2.39. The van der Waals surface area contributed by atoms with Crippen LogP contribution in [0.5, 0.6) is 23.0 Å². The Balaban J connectivity index is 1.79. The van der Waals surface area contributed by atoms with Crippen molar-refractivity contribution in [2.45, 2.75) is 0 Å². The molecule has 8 heteroatoms. The van der Waals surface area contributed by atoms with Gasteiger partial charge in [-0.1, -0.05) is 12.1 Å². The van der Waals surface area contributed by atoms with Gasteiger partial charge in [-0.15, -0.1) is 6.58 Å². The van der Waals surface area contributed by atoms with Crippen LogP contribution in [0.15, 0.2) is 54.8 Å². The molecule has 0 fully saturated rings. The van der Waals surface area contributed by atoms with Crippen molar-refractivity contribution in [3.05, 3.63) is 60.3 Å². The zero-order chi connectivity index (χ0) is 21.3. The second-order valence-electron chi connectivity index (χ2n) is 6.52. The van der Waals surface area contributed by atoms with E-state index in [1.54, 1.807) is 36.4 Å². The maximum atomic E-state index is 13.1. The molecule has 2 aliphatic heterocycles. The number of nitrogens with one attached hydrogen (secondary N) is 1. The van der Waals surface area contributed by atoms with Crippen LogP contribution in [-0.2, 0) is 9.59 Å². The van der Waals surface area contributed by atoms with E-state index in [0.29, 0.717) is 34.2 Å². The lowest BCUT2D eigenvalue weighted by Gasteiger charge is -2.12. The molecule has 2 aliphatic rings. The molecule has 2 aromatic rings. The van der Waals surface area contributed by atoms with Crippen molar-refractivity contribution in [1.29, 1.82) is 0 Å². The third-order valence-corrected chi connectivity index (χ3v) is 4.79. The number of imide groups is 1. The third kappa shape index (κ3) is 3.22. The predicted octanol–water partition coefficient (Wildman–Crippen LogP) is 2.81. The predicted molar refractivity (Wildman–Crippen MR) is 110 cm³/mol. The Morgan fingerprint density at radius 2 is 1.80 bits per heavy atom. The first-order valence-corrected chi connectivity index (χ1v) is 9.17. The topological polar surface area (TPSA) is 86.3 Å². The Hall–Kier alpha value is -3.94. The van der Waals surface area contributed by atoms with Crippen LogP contribution in [0.4, 0.5) is 5.69 Å². The summed E-state index contributed by atoms with van der Waals surface area (Å²) in [6.45, 7) is 3.88. The summed E-state index contributed by atoms with van der Waals surface area (Å²) in [6, 6.07) is 10.3. The SMILES string of the molecule is C=CCN1C(=O)C(Nc2ccc3c(c2)OCO3)=C(c2ccc(OC)c(OC)c2)C1=O. The second-order valence-corrected chi connectivity index (χ2v) is 6.52. The van der Waals surface area contributed by atoms with Crippen LogP contribution in [0.3, 0.4) is 0 Å². The number of carbonyl (C=O) groups excluding carboxylic acids is 2. The van der Waals surface area contributed by atoms with E-state index in [-0.39, 0.29) is 24.6 Å². The lowest BCUT2D eigenvalue weighted by molar-refractivity contribution is -0.136. The zero-order valence-electron chi connectivity index (χ0n) is 16.6. The lowest BCUT2D eigenvalue weighted by Crippen LogP contribution is -2.32. The first-order valence-electron chi connectivity index (χ1n) is 9.17. The van der Waals surface area contributed by atoms with E-state index >= 15 is 0 Å². The van der Waals surface area contributed by atoms with Crippen LogP contribution in [-0.4, -0.2) is 44.3 Å². The highest BCUT2D eigenvalue weighted by molar-refractivity contribution is 6.36. The van der Waals surface area contributed by atoms with Gasteiger partial charge in [0, 0.05) is 18.3 Å². The summed E-state index contributed by atoms with van der Waals surface area (Å²) in [4.78, 5) is 27.3. The van der Waals surface area contributed by atoms with Gasteiger partial charge in [0.05, 0.1) is 19.8 Å². The largest absolute Gasteiger partial charge is 0.493 e. The van der Waals surface area contributed by atoms with E-state index in [0.717, 1.165) is 4.90 Å². The number of carbonyl (C=O) groups is 2. The molecule has 2 aromatic carbocycles. The molecule has 0 spiro atoms. The molecule has 1 N–H and O–H groups in total. The fourth-order valence-corrected chi connectivity index (χ4v) is 3.37. The summed E-state index contributed by atoms with van der Waals surface area (Å²) in [5.74, 6) is 1.29. The Labute approximate surface area is 173 Å². The molecule has 2 amide bonds. The number of nitrogens with zero attached hydrogens (tertiary/aromatic N) is 1. The minimum absolute atomic E-state index is 0.0980. The van der Waals surface area contributed by atoms with Gasteiger partial charge in [-0.25, -0.2) is 0 Å². The van der Waals surface area contributed by atoms with E-state index < -0.39 is 11.8 Å². The molecule has 0 aromatic heterocycles. The molecule has 0 unspecified atom stereocenters. The Kier molecular flexibility index (Phi) is 5.05. The van der Waals surface area contributed by atoms with Crippen molar-refractivity contribution in [2.75, 3.05) is 32.9 Å². The number of amides is 2. The maximum Gasteiger partial charge on any atom is 0.278 e. The summed E-state index contributed by atoms with van der Waals surface area (Å²) in [5, 5.41) is 3.08. The molecule has 0 aliphatic carbocycles. The number of methoxy groups -OCH3 is 2. The van der Waals surface area contributed by atoms with E-state index in [2.05, 4.69) is 11.9 Å². The number of anilines is 1. The third-order valence-electron chi connectivity index (χ3n) is 4.79. The lowest BCUT2D eigenvalue weighted by atomic mass is 10.0. The number of fused-ring (bicyclic) bond motifs is 1. The van der Waals surface area contributed by atoms with Crippen molar-refractivity contribution in [1.82, 2.24) is 4.90 Å². The first kappa shape index (κ1) is 19.4. The minimum Gasteiger partial charge on any atom is -0.493 e. The number of hydrogen-bond donors (Lipinski definition) is 1. The van der Waals surface area contributed by atoms with Crippen LogP contribution in [0, 0.1) is 0 Å². The number of rotatable bonds is 7. The van der Waals surface area contributed by atoms with Crippen molar-refractivity contribution in [3.63, 3.8) is 0 Å². The molecule has 4 rings (SSSR count). The van der Waals surface area contributed by atoms with E-state index in [4.69, 9.17) is 18.9 Å². The monoisotopic (exact) mass is 408 g/mol. The van der Waals surface area contributed by atoms with Crippen molar-refractivity contribution in [3.8, 4) is 23.0 Å². The van der Waals surface area contributed by atoms with Crippen LogP contribution in [0.1, 0.15) is 5.56 Å². The summed E-state index contributed by atoms with van der Waals surface area (Å²) >= 11 is 0. The molecule has 0 bridgehead atoms. The fourth-order valence-electron chi connectivity index (χ4n) is 3.37. The zero-order valence-corrected chi connectivity index (χ0v) is 16.6. The van der Waals surface area contributed by atoms with E-state index in [9.17, 15) is 9.59 Å². The summed E-state index contributed by atoms with van der Waals surface area (Å²) in [5.41, 5.74) is 1.52. The van der Waals surface area contributed by atoms with Crippen LogP contribution in [0.2, 0.25) is 0 Å². The summed E-state index contributed by atoms with van der Waals surface area (Å²) < 4.78 is 21.3. The Bertz CT molecular complexity index is 1080. The fraction of sp³-hybridized carbons (Fsp3) is 0.182. The summed E-state index contributed by atoms with van der Waals surface area (Å²) in [6.07, 6.45) is 1.51. The number of hydrogen-bond acceptors (Lipinski definition) is 7. The highest BCUT2D eigenvalue weighted by Crippen LogP contribution is 2.38. The summed E-state index contributed by atoms with van der Waals surface area (Å²) in [7, 11) is 3.03. The van der Waals surface area contributed by atoms with Gasteiger partial charge in [0.25, 0.3) is 11.8 Å². The molecule has 8 nitrogen and oxygen atoms in total. The first-order chi connectivity index (χ1) is 14.6. The quantitative estimate of drug-likeness (QED) is 0.557. The average Bonchev–Trinajstić information content (AvgIpc) is 3.32.